The van der Waals surface area contributed by atoms with Gasteiger partial charge in [0, 0.05) is 25.2 Å². The Bertz CT molecular complexity index is 526. The van der Waals surface area contributed by atoms with Crippen LogP contribution < -0.4 is 5.32 Å². The van der Waals surface area contributed by atoms with Gasteiger partial charge in [-0.2, -0.15) is 0 Å². The second-order valence-corrected chi connectivity index (χ2v) is 5.67. The number of nitrogens with zero attached hydrogens (tertiary/aromatic N) is 1. The summed E-state index contributed by atoms with van der Waals surface area (Å²) in [7, 11) is 1.80. The number of carboxylic acids is 1. The van der Waals surface area contributed by atoms with E-state index in [4.69, 9.17) is 5.11 Å². The minimum Gasteiger partial charge on any atom is -0.481 e. The quantitative estimate of drug-likeness (QED) is 0.846. The molecule has 0 aliphatic heterocycles. The number of anilines is 1. The topological polar surface area (TPSA) is 69.6 Å². The Morgan fingerprint density at radius 2 is 2.05 bits per heavy atom. The number of rotatable bonds is 6. The van der Waals surface area contributed by atoms with Gasteiger partial charge in [0.05, 0.1) is 0 Å². The normalized spacial score (nSPS) is 15.3. The van der Waals surface area contributed by atoms with Crippen LogP contribution in [0, 0.1) is 5.92 Å². The van der Waals surface area contributed by atoms with Crippen molar-refractivity contribution in [2.24, 2.45) is 5.92 Å². The molecule has 0 spiro atoms. The summed E-state index contributed by atoms with van der Waals surface area (Å²) < 4.78 is 0. The summed E-state index contributed by atoms with van der Waals surface area (Å²) in [6, 6.07) is 7.44. The fraction of sp³-hybridized carbons (Fsp3) is 0.500. The molecule has 1 unspecified atom stereocenters. The zero-order chi connectivity index (χ0) is 15.4. The largest absolute Gasteiger partial charge is 0.481 e. The summed E-state index contributed by atoms with van der Waals surface area (Å²) in [6.07, 6.45) is 2.84. The lowest BCUT2D eigenvalue weighted by molar-refractivity contribution is -0.136. The highest BCUT2D eigenvalue weighted by Crippen LogP contribution is 2.34. The van der Waals surface area contributed by atoms with Gasteiger partial charge in [-0.3, -0.25) is 4.79 Å². The molecule has 0 aromatic heterocycles. The van der Waals surface area contributed by atoms with E-state index in [0.717, 1.165) is 5.56 Å². The fourth-order valence-corrected chi connectivity index (χ4v) is 2.39. The van der Waals surface area contributed by atoms with Gasteiger partial charge in [-0.25, -0.2) is 4.79 Å². The van der Waals surface area contributed by atoms with Gasteiger partial charge in [0.1, 0.15) is 0 Å². The maximum absolute atomic E-state index is 12.3. The summed E-state index contributed by atoms with van der Waals surface area (Å²) in [5.74, 6) is -0.224. The minimum atomic E-state index is -0.837. The predicted octanol–water partition coefficient (Wildman–Crippen LogP) is 2.97. The van der Waals surface area contributed by atoms with Gasteiger partial charge in [-0.15, -0.1) is 0 Å². The molecular formula is C16H22N2O3. The van der Waals surface area contributed by atoms with Crippen LogP contribution >= 0.6 is 0 Å². The fourth-order valence-electron chi connectivity index (χ4n) is 2.39. The van der Waals surface area contributed by atoms with Gasteiger partial charge in [0.2, 0.25) is 0 Å². The number of hydrogen-bond acceptors (Lipinski definition) is 2. The number of amides is 2. The monoisotopic (exact) mass is 290 g/mol. The Morgan fingerprint density at radius 3 is 2.67 bits per heavy atom. The standard InChI is InChI=1S/C16H22N2O3/c1-11(12-7-8-12)18(2)16(21)17-14-6-4-3-5-13(14)9-10-15(19)20/h3-6,11-12H,7-10H2,1-2H3,(H,17,21)(H,19,20). The SMILES string of the molecule is CC(C1CC1)N(C)C(=O)Nc1ccccc1CCC(=O)O. The van der Waals surface area contributed by atoms with E-state index in [1.54, 1.807) is 11.9 Å². The number of aryl methyl sites for hydroxylation is 1. The maximum Gasteiger partial charge on any atom is 0.321 e. The van der Waals surface area contributed by atoms with Gasteiger partial charge in [0.25, 0.3) is 0 Å². The highest BCUT2D eigenvalue weighted by atomic mass is 16.4. The molecule has 1 aromatic carbocycles. The van der Waals surface area contributed by atoms with Gasteiger partial charge in [-0.1, -0.05) is 18.2 Å². The molecule has 2 N–H and O–H groups in total. The number of hydrogen-bond donors (Lipinski definition) is 2. The number of benzene rings is 1. The van der Waals surface area contributed by atoms with Crippen LogP contribution in [0.15, 0.2) is 24.3 Å². The molecule has 5 nitrogen and oxygen atoms in total. The molecule has 0 heterocycles. The number of carbonyl (C=O) groups is 2. The van der Waals surface area contributed by atoms with E-state index >= 15 is 0 Å². The number of aliphatic carboxylic acids is 1. The van der Waals surface area contributed by atoms with Crippen LogP contribution in [0.5, 0.6) is 0 Å². The Kier molecular flexibility index (Phi) is 4.83. The highest BCUT2D eigenvalue weighted by molar-refractivity contribution is 5.90. The van der Waals surface area contributed by atoms with Gasteiger partial charge in [0.15, 0.2) is 0 Å². The van der Waals surface area contributed by atoms with Gasteiger partial charge >= 0.3 is 12.0 Å². The minimum absolute atomic E-state index is 0.0567. The average molecular weight is 290 g/mol. The smallest absolute Gasteiger partial charge is 0.321 e. The van der Waals surface area contributed by atoms with E-state index in [0.29, 0.717) is 18.0 Å². The molecule has 2 amide bonds. The number of para-hydroxylation sites is 1. The Morgan fingerprint density at radius 1 is 1.38 bits per heavy atom. The number of urea groups is 1. The first-order valence-electron chi connectivity index (χ1n) is 7.32. The lowest BCUT2D eigenvalue weighted by Gasteiger charge is -2.25. The maximum atomic E-state index is 12.3. The molecule has 114 valence electrons. The Labute approximate surface area is 125 Å². The molecule has 1 aliphatic rings. The summed E-state index contributed by atoms with van der Waals surface area (Å²) >= 11 is 0. The van der Waals surface area contributed by atoms with Crippen molar-refractivity contribution in [2.75, 3.05) is 12.4 Å². The second kappa shape index (κ2) is 6.61. The Balaban J connectivity index is 2.00. The van der Waals surface area contributed by atoms with Gasteiger partial charge < -0.3 is 15.3 Å². The van der Waals surface area contributed by atoms with Crippen molar-refractivity contribution < 1.29 is 14.7 Å². The molecule has 1 fully saturated rings. The van der Waals surface area contributed by atoms with E-state index in [9.17, 15) is 9.59 Å². The summed E-state index contributed by atoms with van der Waals surface area (Å²) in [5, 5.41) is 11.7. The third-order valence-corrected chi connectivity index (χ3v) is 4.10. The molecule has 1 aliphatic carbocycles. The van der Waals surface area contributed by atoms with E-state index in [2.05, 4.69) is 12.2 Å². The van der Waals surface area contributed by atoms with Crippen molar-refractivity contribution in [1.29, 1.82) is 0 Å². The van der Waals surface area contributed by atoms with Gasteiger partial charge in [-0.05, 0) is 43.7 Å². The number of carboxylic acid groups (broad SMARTS) is 1. The molecule has 0 bridgehead atoms. The van der Waals surface area contributed by atoms with Crippen LogP contribution in [0.2, 0.25) is 0 Å². The first-order valence-corrected chi connectivity index (χ1v) is 7.32. The van der Waals surface area contributed by atoms with E-state index in [1.165, 1.54) is 12.8 Å². The van der Waals surface area contributed by atoms with Crippen molar-refractivity contribution in [2.45, 2.75) is 38.6 Å². The number of nitrogens with one attached hydrogen (secondary N) is 1. The van der Waals surface area contributed by atoms with Crippen molar-refractivity contribution in [3.8, 4) is 0 Å². The lowest BCUT2D eigenvalue weighted by Crippen LogP contribution is -2.39. The predicted molar refractivity (Wildman–Crippen MR) is 81.4 cm³/mol. The molecule has 5 heteroatoms. The van der Waals surface area contributed by atoms with Crippen LogP contribution in [0.25, 0.3) is 0 Å². The summed E-state index contributed by atoms with van der Waals surface area (Å²) in [4.78, 5) is 24.7. The van der Waals surface area contributed by atoms with Crippen LogP contribution in [0.4, 0.5) is 10.5 Å². The van der Waals surface area contributed by atoms with Crippen LogP contribution in [0.1, 0.15) is 31.7 Å². The van der Waals surface area contributed by atoms with Crippen LogP contribution in [0.3, 0.4) is 0 Å². The van der Waals surface area contributed by atoms with Crippen molar-refractivity contribution in [3.05, 3.63) is 29.8 Å². The van der Waals surface area contributed by atoms with E-state index < -0.39 is 5.97 Å². The molecule has 1 saturated carbocycles. The third kappa shape index (κ3) is 4.21. The zero-order valence-electron chi connectivity index (χ0n) is 12.5. The lowest BCUT2D eigenvalue weighted by atomic mass is 10.1. The van der Waals surface area contributed by atoms with Crippen LogP contribution in [-0.4, -0.2) is 35.1 Å². The van der Waals surface area contributed by atoms with Crippen molar-refractivity contribution in [3.63, 3.8) is 0 Å². The molecule has 21 heavy (non-hydrogen) atoms. The first kappa shape index (κ1) is 15.4. The van der Waals surface area contributed by atoms with E-state index in [1.807, 2.05) is 24.3 Å². The molecule has 0 saturated heterocycles. The average Bonchev–Trinajstić information content (AvgIpc) is 3.29. The second-order valence-electron chi connectivity index (χ2n) is 5.67. The Hall–Kier alpha value is -2.04. The molecule has 1 atom stereocenters. The first-order chi connectivity index (χ1) is 9.99. The summed E-state index contributed by atoms with van der Waals surface area (Å²) in [6.45, 7) is 2.06. The highest BCUT2D eigenvalue weighted by Gasteiger charge is 2.32. The van der Waals surface area contributed by atoms with Crippen molar-refractivity contribution >= 4 is 17.7 Å². The molecule has 0 radical (unpaired) electrons. The van der Waals surface area contributed by atoms with Crippen LogP contribution in [-0.2, 0) is 11.2 Å². The number of carbonyl (C=O) groups excluding carboxylic acids is 1. The van der Waals surface area contributed by atoms with Crippen molar-refractivity contribution in [1.82, 2.24) is 4.90 Å². The third-order valence-electron chi connectivity index (χ3n) is 4.10. The molecular weight excluding hydrogens is 268 g/mol. The zero-order valence-corrected chi connectivity index (χ0v) is 12.5. The molecule has 2 rings (SSSR count). The molecule has 1 aromatic rings. The van der Waals surface area contributed by atoms with E-state index in [-0.39, 0.29) is 18.5 Å². The summed E-state index contributed by atoms with van der Waals surface area (Å²) in [5.41, 5.74) is 1.54.